The second-order valence-electron chi connectivity index (χ2n) is 4.17. The fourth-order valence-corrected chi connectivity index (χ4v) is 3.39. The first-order valence-electron chi connectivity index (χ1n) is 5.53. The topological polar surface area (TPSA) is 71.5 Å². The summed E-state index contributed by atoms with van der Waals surface area (Å²) < 4.78 is 23.9. The number of Topliss-reactive ketones (excluding diaryl/α,β-unsaturated/α-hetero) is 1. The molecule has 2 rings (SSSR count). The molecule has 0 fully saturated rings. The SMILES string of the molecule is CCC(=O)c1ccc2c(c1)S(=O)(=O)CC(=O)N2C. The van der Waals surface area contributed by atoms with Crippen molar-refractivity contribution in [2.75, 3.05) is 17.7 Å². The van der Waals surface area contributed by atoms with Crippen LogP contribution in [0.25, 0.3) is 0 Å². The molecule has 0 radical (unpaired) electrons. The number of nitrogens with zero attached hydrogens (tertiary/aromatic N) is 1. The maximum atomic E-state index is 11.9. The van der Waals surface area contributed by atoms with Crippen LogP contribution in [0.2, 0.25) is 0 Å². The first kappa shape index (κ1) is 12.8. The molecule has 0 aliphatic carbocycles. The minimum absolute atomic E-state index is 0.0592. The number of hydrogen-bond donors (Lipinski definition) is 0. The van der Waals surface area contributed by atoms with Gasteiger partial charge in [-0.25, -0.2) is 8.42 Å². The molecule has 0 unspecified atom stereocenters. The lowest BCUT2D eigenvalue weighted by Gasteiger charge is -2.25. The number of ketones is 1. The van der Waals surface area contributed by atoms with Crippen LogP contribution in [0.4, 0.5) is 5.69 Å². The first-order valence-corrected chi connectivity index (χ1v) is 7.18. The average Bonchev–Trinajstić information content (AvgIpc) is 2.34. The molecule has 6 heteroatoms. The molecule has 0 spiro atoms. The van der Waals surface area contributed by atoms with E-state index in [0.717, 1.165) is 0 Å². The summed E-state index contributed by atoms with van der Waals surface area (Å²) in [4.78, 5) is 24.5. The maximum Gasteiger partial charge on any atom is 0.242 e. The van der Waals surface area contributed by atoms with Crippen LogP contribution >= 0.6 is 0 Å². The van der Waals surface area contributed by atoms with E-state index in [4.69, 9.17) is 0 Å². The molecule has 5 nitrogen and oxygen atoms in total. The summed E-state index contributed by atoms with van der Waals surface area (Å²) in [6, 6.07) is 4.42. The number of carbonyl (C=O) groups is 2. The van der Waals surface area contributed by atoms with Crippen LogP contribution in [0.3, 0.4) is 0 Å². The van der Waals surface area contributed by atoms with Crippen molar-refractivity contribution in [3.05, 3.63) is 23.8 Å². The van der Waals surface area contributed by atoms with E-state index < -0.39 is 21.5 Å². The van der Waals surface area contributed by atoms with Gasteiger partial charge in [-0.3, -0.25) is 9.59 Å². The van der Waals surface area contributed by atoms with Crippen molar-refractivity contribution in [2.24, 2.45) is 0 Å². The standard InChI is InChI=1S/C12H13NO4S/c1-3-10(14)8-4-5-9-11(6-8)18(16,17)7-12(15)13(9)2/h4-6H,3,7H2,1-2H3. The monoisotopic (exact) mass is 267 g/mol. The summed E-state index contributed by atoms with van der Waals surface area (Å²) in [6.45, 7) is 1.71. The van der Waals surface area contributed by atoms with E-state index in [1.54, 1.807) is 13.0 Å². The van der Waals surface area contributed by atoms with Gasteiger partial charge in [0.1, 0.15) is 5.75 Å². The van der Waals surface area contributed by atoms with E-state index in [-0.39, 0.29) is 10.7 Å². The molecule has 1 aromatic rings. The highest BCUT2D eigenvalue weighted by atomic mass is 32.2. The second kappa shape index (κ2) is 4.20. The van der Waals surface area contributed by atoms with Crippen LogP contribution < -0.4 is 4.90 Å². The Morgan fingerprint density at radius 1 is 1.39 bits per heavy atom. The largest absolute Gasteiger partial charge is 0.313 e. The molecule has 1 aliphatic rings. The van der Waals surface area contributed by atoms with Crippen molar-refractivity contribution in [3.8, 4) is 0 Å². The van der Waals surface area contributed by atoms with Crippen molar-refractivity contribution < 1.29 is 18.0 Å². The van der Waals surface area contributed by atoms with E-state index in [1.165, 1.54) is 24.1 Å². The molecule has 0 saturated carbocycles. The van der Waals surface area contributed by atoms with Crippen LogP contribution in [0, 0.1) is 0 Å². The predicted octanol–water partition coefficient (Wildman–Crippen LogP) is 1.03. The third-order valence-electron chi connectivity index (χ3n) is 2.99. The second-order valence-corrected chi connectivity index (χ2v) is 6.13. The van der Waals surface area contributed by atoms with Crippen molar-refractivity contribution in [1.29, 1.82) is 0 Å². The van der Waals surface area contributed by atoms with Crippen LogP contribution in [0.1, 0.15) is 23.7 Å². The molecular formula is C12H13NO4S. The van der Waals surface area contributed by atoms with Gasteiger partial charge in [-0.2, -0.15) is 0 Å². The lowest BCUT2D eigenvalue weighted by molar-refractivity contribution is -0.116. The zero-order valence-electron chi connectivity index (χ0n) is 10.1. The molecule has 0 atom stereocenters. The Morgan fingerprint density at radius 3 is 2.67 bits per heavy atom. The fraction of sp³-hybridized carbons (Fsp3) is 0.333. The summed E-state index contributed by atoms with van der Waals surface area (Å²) >= 11 is 0. The maximum absolute atomic E-state index is 11.9. The van der Waals surface area contributed by atoms with Gasteiger partial charge in [-0.15, -0.1) is 0 Å². The fourth-order valence-electron chi connectivity index (χ4n) is 1.89. The summed E-state index contributed by atoms with van der Waals surface area (Å²) in [7, 11) is -2.11. The van der Waals surface area contributed by atoms with Gasteiger partial charge >= 0.3 is 0 Å². The van der Waals surface area contributed by atoms with E-state index in [1.807, 2.05) is 0 Å². The summed E-state index contributed by atoms with van der Waals surface area (Å²) in [5.74, 6) is -1.12. The average molecular weight is 267 g/mol. The third kappa shape index (κ3) is 1.92. The Bertz CT molecular complexity index is 633. The van der Waals surface area contributed by atoms with Crippen LogP contribution in [-0.4, -0.2) is 32.9 Å². The molecular weight excluding hydrogens is 254 g/mol. The molecule has 0 bridgehead atoms. The molecule has 18 heavy (non-hydrogen) atoms. The number of anilines is 1. The number of sulfone groups is 1. The summed E-state index contributed by atoms with van der Waals surface area (Å²) in [5.41, 5.74) is 0.696. The molecule has 0 N–H and O–H groups in total. The van der Waals surface area contributed by atoms with Crippen molar-refractivity contribution in [2.45, 2.75) is 18.2 Å². The van der Waals surface area contributed by atoms with Gasteiger partial charge in [0.2, 0.25) is 5.91 Å². The molecule has 1 amide bonds. The minimum Gasteiger partial charge on any atom is -0.313 e. The highest BCUT2D eigenvalue weighted by Crippen LogP contribution is 2.31. The first-order chi connectivity index (χ1) is 8.36. The summed E-state index contributed by atoms with van der Waals surface area (Å²) in [5, 5.41) is 0. The van der Waals surface area contributed by atoms with Gasteiger partial charge in [-0.1, -0.05) is 6.92 Å². The number of rotatable bonds is 2. The molecule has 96 valence electrons. The van der Waals surface area contributed by atoms with E-state index in [2.05, 4.69) is 0 Å². The quantitative estimate of drug-likeness (QED) is 0.750. The van der Waals surface area contributed by atoms with Crippen LogP contribution in [-0.2, 0) is 14.6 Å². The number of fused-ring (bicyclic) bond motifs is 1. The van der Waals surface area contributed by atoms with Crippen molar-refractivity contribution in [3.63, 3.8) is 0 Å². The Labute approximate surface area is 105 Å². The van der Waals surface area contributed by atoms with Gasteiger partial charge in [0, 0.05) is 19.0 Å². The molecule has 1 heterocycles. The third-order valence-corrected chi connectivity index (χ3v) is 4.61. The van der Waals surface area contributed by atoms with Crippen molar-refractivity contribution >= 4 is 27.2 Å². The molecule has 1 aliphatic heterocycles. The lowest BCUT2D eigenvalue weighted by atomic mass is 10.1. The minimum atomic E-state index is -3.63. The van der Waals surface area contributed by atoms with E-state index in [0.29, 0.717) is 17.7 Å². The Morgan fingerprint density at radius 2 is 2.06 bits per heavy atom. The van der Waals surface area contributed by atoms with Gasteiger partial charge in [0.25, 0.3) is 0 Å². The Hall–Kier alpha value is -1.69. The number of hydrogen-bond acceptors (Lipinski definition) is 4. The molecule has 0 aromatic heterocycles. The number of carbonyl (C=O) groups excluding carboxylic acids is 2. The number of benzene rings is 1. The predicted molar refractivity (Wildman–Crippen MR) is 66.5 cm³/mol. The van der Waals surface area contributed by atoms with Gasteiger partial charge < -0.3 is 4.90 Å². The van der Waals surface area contributed by atoms with Gasteiger partial charge in [0.05, 0.1) is 10.6 Å². The van der Waals surface area contributed by atoms with E-state index in [9.17, 15) is 18.0 Å². The van der Waals surface area contributed by atoms with Crippen LogP contribution in [0.15, 0.2) is 23.1 Å². The number of amides is 1. The van der Waals surface area contributed by atoms with Gasteiger partial charge in [-0.05, 0) is 18.2 Å². The normalized spacial score (nSPS) is 17.4. The zero-order chi connectivity index (χ0) is 13.5. The Balaban J connectivity index is 2.65. The Kier molecular flexibility index (Phi) is 2.98. The highest BCUT2D eigenvalue weighted by Gasteiger charge is 2.33. The lowest BCUT2D eigenvalue weighted by Crippen LogP contribution is -2.38. The summed E-state index contributed by atoms with van der Waals surface area (Å²) in [6.07, 6.45) is 0.313. The molecule has 0 saturated heterocycles. The highest BCUT2D eigenvalue weighted by molar-refractivity contribution is 7.92. The smallest absolute Gasteiger partial charge is 0.242 e. The van der Waals surface area contributed by atoms with E-state index >= 15 is 0 Å². The van der Waals surface area contributed by atoms with Crippen LogP contribution in [0.5, 0.6) is 0 Å². The van der Waals surface area contributed by atoms with Gasteiger partial charge in [0.15, 0.2) is 15.6 Å². The van der Waals surface area contributed by atoms with Crippen molar-refractivity contribution in [1.82, 2.24) is 0 Å². The zero-order valence-corrected chi connectivity index (χ0v) is 11.0. The molecule has 1 aromatic carbocycles.